The van der Waals surface area contributed by atoms with Crippen molar-refractivity contribution in [3.63, 3.8) is 0 Å². The fourth-order valence-corrected chi connectivity index (χ4v) is 1.83. The SMILES string of the molecule is NC(=O)c1cccc(NC2C=CC(C(=O)O)C2)n1. The number of aromatic nitrogens is 1. The van der Waals surface area contributed by atoms with Gasteiger partial charge >= 0.3 is 5.97 Å². The molecule has 0 aliphatic heterocycles. The van der Waals surface area contributed by atoms with Crippen molar-refractivity contribution >= 4 is 17.7 Å². The molecule has 2 unspecified atom stereocenters. The van der Waals surface area contributed by atoms with E-state index in [0.717, 1.165) is 0 Å². The number of rotatable bonds is 4. The van der Waals surface area contributed by atoms with Gasteiger partial charge in [0.25, 0.3) is 5.91 Å². The molecular weight excluding hydrogens is 234 g/mol. The maximum atomic E-state index is 11.0. The zero-order valence-electron chi connectivity index (χ0n) is 9.54. The number of carbonyl (C=O) groups excluding carboxylic acids is 1. The lowest BCUT2D eigenvalue weighted by Gasteiger charge is -2.12. The minimum absolute atomic E-state index is 0.0956. The van der Waals surface area contributed by atoms with Crippen LogP contribution in [-0.4, -0.2) is 28.0 Å². The van der Waals surface area contributed by atoms with Crippen LogP contribution in [0.5, 0.6) is 0 Å². The molecule has 0 radical (unpaired) electrons. The van der Waals surface area contributed by atoms with E-state index < -0.39 is 17.8 Å². The van der Waals surface area contributed by atoms with E-state index >= 15 is 0 Å². The number of pyridine rings is 1. The summed E-state index contributed by atoms with van der Waals surface area (Å²) in [6, 6.07) is 4.80. The first-order valence-corrected chi connectivity index (χ1v) is 5.51. The molecular formula is C12H13N3O3. The van der Waals surface area contributed by atoms with Gasteiger partial charge in [0.15, 0.2) is 0 Å². The molecule has 94 valence electrons. The summed E-state index contributed by atoms with van der Waals surface area (Å²) in [5.41, 5.74) is 5.31. The summed E-state index contributed by atoms with van der Waals surface area (Å²) in [5, 5.41) is 11.9. The first-order chi connectivity index (χ1) is 8.56. The van der Waals surface area contributed by atoms with E-state index in [4.69, 9.17) is 10.8 Å². The van der Waals surface area contributed by atoms with Crippen molar-refractivity contribution in [2.75, 3.05) is 5.32 Å². The predicted molar refractivity (Wildman–Crippen MR) is 65.0 cm³/mol. The summed E-state index contributed by atoms with van der Waals surface area (Å²) in [4.78, 5) is 25.8. The molecule has 0 saturated carbocycles. The number of nitrogens with zero attached hydrogens (tertiary/aromatic N) is 1. The molecule has 4 N–H and O–H groups in total. The Labute approximate surface area is 104 Å². The van der Waals surface area contributed by atoms with Gasteiger partial charge < -0.3 is 16.2 Å². The zero-order chi connectivity index (χ0) is 13.1. The molecule has 0 bridgehead atoms. The van der Waals surface area contributed by atoms with Gasteiger partial charge in [-0.25, -0.2) is 4.98 Å². The first kappa shape index (κ1) is 12.1. The molecule has 1 aliphatic rings. The van der Waals surface area contributed by atoms with Gasteiger partial charge in [-0.05, 0) is 18.6 Å². The molecule has 2 atom stereocenters. The van der Waals surface area contributed by atoms with Crippen LogP contribution in [0.3, 0.4) is 0 Å². The van der Waals surface area contributed by atoms with Crippen molar-refractivity contribution in [3.05, 3.63) is 36.0 Å². The lowest BCUT2D eigenvalue weighted by Crippen LogP contribution is -2.20. The summed E-state index contributed by atoms with van der Waals surface area (Å²) >= 11 is 0. The molecule has 0 fully saturated rings. The number of anilines is 1. The van der Waals surface area contributed by atoms with Gasteiger partial charge in [-0.3, -0.25) is 9.59 Å². The molecule has 0 spiro atoms. The maximum absolute atomic E-state index is 11.0. The minimum atomic E-state index is -0.839. The quantitative estimate of drug-likeness (QED) is 0.676. The van der Waals surface area contributed by atoms with Gasteiger partial charge in [-0.15, -0.1) is 0 Å². The number of aliphatic carboxylic acids is 1. The molecule has 0 saturated heterocycles. The second kappa shape index (κ2) is 4.87. The molecule has 0 aromatic carbocycles. The Hall–Kier alpha value is -2.37. The Morgan fingerprint density at radius 3 is 2.78 bits per heavy atom. The highest BCUT2D eigenvalue weighted by Gasteiger charge is 2.24. The van der Waals surface area contributed by atoms with Crippen LogP contribution in [0.1, 0.15) is 16.9 Å². The van der Waals surface area contributed by atoms with E-state index in [9.17, 15) is 9.59 Å². The molecule has 2 rings (SSSR count). The van der Waals surface area contributed by atoms with E-state index in [1.54, 1.807) is 24.3 Å². The lowest BCUT2D eigenvalue weighted by atomic mass is 10.1. The molecule has 6 nitrogen and oxygen atoms in total. The van der Waals surface area contributed by atoms with Crippen LogP contribution in [0, 0.1) is 5.92 Å². The molecule has 1 heterocycles. The first-order valence-electron chi connectivity index (χ1n) is 5.51. The van der Waals surface area contributed by atoms with E-state index in [1.807, 2.05) is 0 Å². The van der Waals surface area contributed by atoms with Gasteiger partial charge in [0.2, 0.25) is 0 Å². The van der Waals surface area contributed by atoms with Crippen molar-refractivity contribution in [1.82, 2.24) is 4.98 Å². The Balaban J connectivity index is 2.03. The number of amides is 1. The Bertz CT molecular complexity index is 513. The molecule has 1 aliphatic carbocycles. The third-order valence-electron chi connectivity index (χ3n) is 2.74. The third-order valence-corrected chi connectivity index (χ3v) is 2.74. The minimum Gasteiger partial charge on any atom is -0.481 e. The number of carboxylic acid groups (broad SMARTS) is 1. The summed E-state index contributed by atoms with van der Waals surface area (Å²) in [7, 11) is 0. The lowest BCUT2D eigenvalue weighted by molar-refractivity contribution is -0.140. The highest BCUT2D eigenvalue weighted by molar-refractivity contribution is 5.91. The monoisotopic (exact) mass is 247 g/mol. The second-order valence-corrected chi connectivity index (χ2v) is 4.09. The standard InChI is InChI=1S/C12H13N3O3/c13-11(16)9-2-1-3-10(15-9)14-8-5-4-7(6-8)12(17)18/h1-5,7-8H,6H2,(H2,13,16)(H,14,15)(H,17,18). The fourth-order valence-electron chi connectivity index (χ4n) is 1.83. The number of hydrogen-bond acceptors (Lipinski definition) is 4. The molecule has 6 heteroatoms. The maximum Gasteiger partial charge on any atom is 0.310 e. The van der Waals surface area contributed by atoms with Gasteiger partial charge in [-0.2, -0.15) is 0 Å². The molecule has 1 aromatic rings. The number of nitrogens with two attached hydrogens (primary N) is 1. The molecule has 18 heavy (non-hydrogen) atoms. The second-order valence-electron chi connectivity index (χ2n) is 4.09. The Morgan fingerprint density at radius 2 is 2.17 bits per heavy atom. The molecule has 1 aromatic heterocycles. The van der Waals surface area contributed by atoms with E-state index in [-0.39, 0.29) is 11.7 Å². The summed E-state index contributed by atoms with van der Waals surface area (Å²) in [6.45, 7) is 0. The summed E-state index contributed by atoms with van der Waals surface area (Å²) in [6.07, 6.45) is 3.91. The highest BCUT2D eigenvalue weighted by Crippen LogP contribution is 2.21. The predicted octanol–water partition coefficient (Wildman–Crippen LogP) is 0.622. The average Bonchev–Trinajstić information content (AvgIpc) is 2.78. The van der Waals surface area contributed by atoms with Crippen molar-refractivity contribution in [2.24, 2.45) is 11.7 Å². The summed E-state index contributed by atoms with van der Waals surface area (Å²) in [5.74, 6) is -1.40. The van der Waals surface area contributed by atoms with Crippen LogP contribution in [0.4, 0.5) is 5.82 Å². The van der Waals surface area contributed by atoms with Gasteiger partial charge in [0.05, 0.1) is 5.92 Å². The van der Waals surface area contributed by atoms with E-state index in [0.29, 0.717) is 12.2 Å². The van der Waals surface area contributed by atoms with Gasteiger partial charge in [0.1, 0.15) is 11.5 Å². The smallest absolute Gasteiger partial charge is 0.310 e. The summed E-state index contributed by atoms with van der Waals surface area (Å²) < 4.78 is 0. The van der Waals surface area contributed by atoms with Crippen LogP contribution in [0.15, 0.2) is 30.4 Å². The van der Waals surface area contributed by atoms with E-state index in [2.05, 4.69) is 10.3 Å². The number of primary amides is 1. The molecule has 1 amide bonds. The van der Waals surface area contributed by atoms with Gasteiger partial charge in [0, 0.05) is 6.04 Å². The van der Waals surface area contributed by atoms with Crippen LogP contribution >= 0.6 is 0 Å². The number of carboxylic acids is 1. The largest absolute Gasteiger partial charge is 0.481 e. The number of carbonyl (C=O) groups is 2. The highest BCUT2D eigenvalue weighted by atomic mass is 16.4. The van der Waals surface area contributed by atoms with Crippen molar-refractivity contribution < 1.29 is 14.7 Å². The van der Waals surface area contributed by atoms with Crippen LogP contribution in [0.2, 0.25) is 0 Å². The average molecular weight is 247 g/mol. The fraction of sp³-hybridized carbons (Fsp3) is 0.250. The van der Waals surface area contributed by atoms with Crippen molar-refractivity contribution in [1.29, 1.82) is 0 Å². The van der Waals surface area contributed by atoms with Crippen molar-refractivity contribution in [3.8, 4) is 0 Å². The van der Waals surface area contributed by atoms with Gasteiger partial charge in [-0.1, -0.05) is 18.2 Å². The van der Waals surface area contributed by atoms with Crippen molar-refractivity contribution in [2.45, 2.75) is 12.5 Å². The zero-order valence-corrected chi connectivity index (χ0v) is 9.54. The number of hydrogen-bond donors (Lipinski definition) is 3. The van der Waals surface area contributed by atoms with Crippen LogP contribution in [0.25, 0.3) is 0 Å². The van der Waals surface area contributed by atoms with Crippen LogP contribution in [-0.2, 0) is 4.79 Å². The Morgan fingerprint density at radius 1 is 1.39 bits per heavy atom. The topological polar surface area (TPSA) is 105 Å². The Kier molecular flexibility index (Phi) is 3.27. The number of nitrogens with one attached hydrogen (secondary N) is 1. The van der Waals surface area contributed by atoms with E-state index in [1.165, 1.54) is 6.07 Å². The third kappa shape index (κ3) is 2.65. The van der Waals surface area contributed by atoms with Crippen LogP contribution < -0.4 is 11.1 Å². The normalized spacial score (nSPS) is 21.8.